The van der Waals surface area contributed by atoms with Crippen LogP contribution in [0.5, 0.6) is 0 Å². The number of nitriles is 1. The van der Waals surface area contributed by atoms with Crippen molar-refractivity contribution in [2.24, 2.45) is 0 Å². The molecule has 4 rings (SSSR count). The fourth-order valence-electron chi connectivity index (χ4n) is 3.46. The van der Waals surface area contributed by atoms with E-state index in [-0.39, 0.29) is 5.82 Å². The molecule has 0 atom stereocenters. The molecule has 0 N–H and O–H groups in total. The minimum atomic E-state index is -0.314. The second kappa shape index (κ2) is 6.56. The zero-order valence-electron chi connectivity index (χ0n) is 14.4. The van der Waals surface area contributed by atoms with Gasteiger partial charge in [0.15, 0.2) is 0 Å². The zero-order chi connectivity index (χ0) is 18.1. The Balaban J connectivity index is 1.70. The number of hydrogen-bond acceptors (Lipinski definition) is 6. The number of halogens is 1. The van der Waals surface area contributed by atoms with Gasteiger partial charge < -0.3 is 9.80 Å². The topological polar surface area (TPSA) is 68.9 Å². The number of fused-ring (bicyclic) bond motifs is 1. The van der Waals surface area contributed by atoms with E-state index in [2.05, 4.69) is 30.8 Å². The number of pyridine rings is 1. The molecular formula is C19H17FN6. The molecule has 6 nitrogen and oxygen atoms in total. The fourth-order valence-corrected chi connectivity index (χ4v) is 3.46. The van der Waals surface area contributed by atoms with E-state index in [0.29, 0.717) is 24.0 Å². The van der Waals surface area contributed by atoms with Crippen molar-refractivity contribution in [1.29, 1.82) is 5.26 Å². The Kier molecular flexibility index (Phi) is 4.09. The van der Waals surface area contributed by atoms with Crippen molar-refractivity contribution in [3.63, 3.8) is 0 Å². The molecule has 1 saturated heterocycles. The first-order valence-corrected chi connectivity index (χ1v) is 8.42. The van der Waals surface area contributed by atoms with Gasteiger partial charge in [0.1, 0.15) is 17.7 Å². The highest BCUT2D eigenvalue weighted by atomic mass is 19.1. The first-order chi connectivity index (χ1) is 12.7. The largest absolute Gasteiger partial charge is 0.366 e. The summed E-state index contributed by atoms with van der Waals surface area (Å²) in [5.41, 5.74) is 2.73. The van der Waals surface area contributed by atoms with Crippen molar-refractivity contribution in [2.75, 3.05) is 36.0 Å². The van der Waals surface area contributed by atoms with Gasteiger partial charge in [-0.15, -0.1) is 0 Å². The van der Waals surface area contributed by atoms with Crippen molar-refractivity contribution in [2.45, 2.75) is 6.92 Å². The van der Waals surface area contributed by atoms with E-state index in [0.717, 1.165) is 35.7 Å². The number of benzene rings is 1. The Morgan fingerprint density at radius 3 is 2.50 bits per heavy atom. The summed E-state index contributed by atoms with van der Waals surface area (Å²) in [5, 5.41) is 10.2. The first kappa shape index (κ1) is 16.2. The van der Waals surface area contributed by atoms with Crippen LogP contribution in [-0.4, -0.2) is 41.1 Å². The Labute approximate surface area is 150 Å². The molecule has 1 aliphatic heterocycles. The zero-order valence-corrected chi connectivity index (χ0v) is 14.4. The summed E-state index contributed by atoms with van der Waals surface area (Å²) in [6.45, 7) is 4.75. The molecule has 3 aromatic rings. The number of anilines is 2. The average Bonchev–Trinajstić information content (AvgIpc) is 2.68. The van der Waals surface area contributed by atoms with Crippen LogP contribution in [0.3, 0.4) is 0 Å². The molecule has 26 heavy (non-hydrogen) atoms. The van der Waals surface area contributed by atoms with Gasteiger partial charge in [-0.1, -0.05) is 0 Å². The molecule has 0 bridgehead atoms. The van der Waals surface area contributed by atoms with Gasteiger partial charge in [0, 0.05) is 50.2 Å². The molecule has 1 fully saturated rings. The van der Waals surface area contributed by atoms with Gasteiger partial charge in [0.2, 0.25) is 0 Å². The minimum Gasteiger partial charge on any atom is -0.366 e. The van der Waals surface area contributed by atoms with Crippen LogP contribution in [-0.2, 0) is 0 Å². The van der Waals surface area contributed by atoms with Gasteiger partial charge in [0.25, 0.3) is 0 Å². The van der Waals surface area contributed by atoms with Crippen LogP contribution in [0.4, 0.5) is 15.9 Å². The summed E-state index contributed by atoms with van der Waals surface area (Å²) >= 11 is 0. The normalized spacial score (nSPS) is 14.5. The number of nitrogens with zero attached hydrogens (tertiary/aromatic N) is 6. The first-order valence-electron chi connectivity index (χ1n) is 8.42. The molecule has 3 heterocycles. The van der Waals surface area contributed by atoms with Crippen LogP contribution in [0.25, 0.3) is 10.9 Å². The van der Waals surface area contributed by atoms with E-state index < -0.39 is 0 Å². The molecule has 0 unspecified atom stereocenters. The van der Waals surface area contributed by atoms with E-state index in [9.17, 15) is 9.65 Å². The molecule has 1 aromatic carbocycles. The maximum atomic E-state index is 14.0. The van der Waals surface area contributed by atoms with Crippen LogP contribution in [0.15, 0.2) is 36.9 Å². The highest BCUT2D eigenvalue weighted by Gasteiger charge is 2.23. The summed E-state index contributed by atoms with van der Waals surface area (Å²) in [6, 6.07) is 5.15. The number of aromatic nitrogens is 3. The standard InChI is InChI=1S/C19H17FN6/c1-13-8-15(20)9-16-18(13)24-11-14(10-21)19(16)26-6-4-25(5-7-26)17-12-22-2-3-23-17/h2-3,8-9,11-12H,4-7H2,1H3. The lowest BCUT2D eigenvalue weighted by Gasteiger charge is -2.37. The van der Waals surface area contributed by atoms with Crippen molar-refractivity contribution >= 4 is 22.4 Å². The van der Waals surface area contributed by atoms with Gasteiger partial charge in [0.05, 0.1) is 23.0 Å². The van der Waals surface area contributed by atoms with Crippen molar-refractivity contribution in [3.8, 4) is 6.07 Å². The van der Waals surface area contributed by atoms with E-state index in [1.54, 1.807) is 24.8 Å². The summed E-state index contributed by atoms with van der Waals surface area (Å²) in [5.74, 6) is 0.528. The lowest BCUT2D eigenvalue weighted by Crippen LogP contribution is -2.47. The Morgan fingerprint density at radius 1 is 1.04 bits per heavy atom. The van der Waals surface area contributed by atoms with Crippen LogP contribution in [0.2, 0.25) is 0 Å². The maximum Gasteiger partial charge on any atom is 0.147 e. The number of rotatable bonds is 2. The smallest absolute Gasteiger partial charge is 0.147 e. The third-order valence-electron chi connectivity index (χ3n) is 4.69. The summed E-state index contributed by atoms with van der Waals surface area (Å²) in [7, 11) is 0. The van der Waals surface area contributed by atoms with Crippen LogP contribution >= 0.6 is 0 Å². The van der Waals surface area contributed by atoms with Crippen molar-refractivity contribution in [1.82, 2.24) is 15.0 Å². The van der Waals surface area contributed by atoms with E-state index in [1.807, 2.05) is 6.92 Å². The third kappa shape index (κ3) is 2.80. The molecule has 0 saturated carbocycles. The van der Waals surface area contributed by atoms with E-state index in [4.69, 9.17) is 0 Å². The van der Waals surface area contributed by atoms with E-state index in [1.165, 1.54) is 12.1 Å². The van der Waals surface area contributed by atoms with Gasteiger partial charge in [-0.25, -0.2) is 9.37 Å². The number of aryl methyl sites for hydroxylation is 1. The second-order valence-corrected chi connectivity index (χ2v) is 6.29. The highest BCUT2D eigenvalue weighted by Crippen LogP contribution is 2.32. The lowest BCUT2D eigenvalue weighted by molar-refractivity contribution is 0.627. The predicted octanol–water partition coefficient (Wildman–Crippen LogP) is 2.67. The molecular weight excluding hydrogens is 331 g/mol. The Hall–Kier alpha value is -3.27. The lowest BCUT2D eigenvalue weighted by atomic mass is 10.0. The maximum absolute atomic E-state index is 14.0. The average molecular weight is 348 g/mol. The second-order valence-electron chi connectivity index (χ2n) is 6.29. The minimum absolute atomic E-state index is 0.314. The molecule has 1 aliphatic rings. The monoisotopic (exact) mass is 348 g/mol. The molecule has 7 heteroatoms. The number of piperazine rings is 1. The van der Waals surface area contributed by atoms with Gasteiger partial charge in [-0.05, 0) is 24.6 Å². The Bertz CT molecular complexity index is 990. The fraction of sp³-hybridized carbons (Fsp3) is 0.263. The Morgan fingerprint density at radius 2 is 1.81 bits per heavy atom. The predicted molar refractivity (Wildman–Crippen MR) is 97.6 cm³/mol. The van der Waals surface area contributed by atoms with Gasteiger partial charge in [-0.2, -0.15) is 5.26 Å². The molecule has 130 valence electrons. The molecule has 0 spiro atoms. The van der Waals surface area contributed by atoms with Crippen molar-refractivity contribution < 1.29 is 4.39 Å². The molecule has 0 radical (unpaired) electrons. The quantitative estimate of drug-likeness (QED) is 0.709. The SMILES string of the molecule is Cc1cc(F)cc2c(N3CCN(c4cnccn4)CC3)c(C#N)cnc12. The van der Waals surface area contributed by atoms with Crippen LogP contribution < -0.4 is 9.80 Å². The van der Waals surface area contributed by atoms with Crippen LogP contribution in [0, 0.1) is 24.1 Å². The van der Waals surface area contributed by atoms with Gasteiger partial charge >= 0.3 is 0 Å². The molecule has 0 aliphatic carbocycles. The van der Waals surface area contributed by atoms with Crippen molar-refractivity contribution in [3.05, 3.63) is 53.9 Å². The highest BCUT2D eigenvalue weighted by molar-refractivity contribution is 5.96. The van der Waals surface area contributed by atoms with E-state index >= 15 is 0 Å². The third-order valence-corrected chi connectivity index (χ3v) is 4.69. The summed E-state index contributed by atoms with van der Waals surface area (Å²) in [6.07, 6.45) is 6.66. The van der Waals surface area contributed by atoms with Gasteiger partial charge in [-0.3, -0.25) is 9.97 Å². The number of hydrogen-bond donors (Lipinski definition) is 0. The summed E-state index contributed by atoms with van der Waals surface area (Å²) in [4.78, 5) is 17.1. The molecule has 0 amide bonds. The summed E-state index contributed by atoms with van der Waals surface area (Å²) < 4.78 is 14.0. The molecule has 2 aromatic heterocycles. The van der Waals surface area contributed by atoms with Crippen LogP contribution in [0.1, 0.15) is 11.1 Å².